The van der Waals surface area contributed by atoms with Gasteiger partial charge in [0.2, 0.25) is 5.89 Å². The van der Waals surface area contributed by atoms with E-state index < -0.39 is 0 Å². The topological polar surface area (TPSA) is 52.3 Å². The molecule has 4 nitrogen and oxygen atoms in total. The number of ether oxygens (including phenoxy) is 1. The molecule has 1 aromatic heterocycles. The van der Waals surface area contributed by atoms with E-state index in [4.69, 9.17) is 9.15 Å². The number of oxazole rings is 1. The maximum absolute atomic E-state index is 12.2. The predicted molar refractivity (Wildman–Crippen MR) is 86.2 cm³/mol. The quantitative estimate of drug-likeness (QED) is 0.685. The number of aryl methyl sites for hydroxylation is 2. The Hall–Kier alpha value is -2.62. The zero-order chi connectivity index (χ0) is 15.6. The third-order valence-corrected chi connectivity index (χ3v) is 4.25. The van der Waals surface area contributed by atoms with Crippen molar-refractivity contribution in [1.29, 1.82) is 0 Å². The van der Waals surface area contributed by atoms with Crippen molar-refractivity contribution in [2.45, 2.75) is 32.3 Å². The number of hydrogen-bond acceptors (Lipinski definition) is 4. The van der Waals surface area contributed by atoms with Crippen molar-refractivity contribution in [1.82, 2.24) is 4.98 Å². The average Bonchev–Trinajstić information content (AvgIpc) is 3.02. The molecule has 1 heterocycles. The van der Waals surface area contributed by atoms with Gasteiger partial charge in [-0.15, -0.1) is 0 Å². The lowest BCUT2D eigenvalue weighted by molar-refractivity contribution is 0.0440. The summed E-state index contributed by atoms with van der Waals surface area (Å²) in [7, 11) is 0. The van der Waals surface area contributed by atoms with Gasteiger partial charge in [0, 0.05) is 0 Å². The fourth-order valence-corrected chi connectivity index (χ4v) is 3.05. The number of fused-ring (bicyclic) bond motifs is 2. The molecule has 2 aromatic carbocycles. The van der Waals surface area contributed by atoms with Gasteiger partial charge in [0.25, 0.3) is 0 Å². The number of para-hydroxylation sites is 2. The first kappa shape index (κ1) is 14.0. The summed E-state index contributed by atoms with van der Waals surface area (Å²) in [6, 6.07) is 13.3. The fourth-order valence-electron chi connectivity index (χ4n) is 3.05. The lowest BCUT2D eigenvalue weighted by Crippen LogP contribution is -2.09. The average molecular weight is 307 g/mol. The van der Waals surface area contributed by atoms with Gasteiger partial charge in [-0.2, -0.15) is 0 Å². The highest BCUT2D eigenvalue weighted by Crippen LogP contribution is 2.23. The minimum atomic E-state index is -0.333. The molecule has 0 amide bonds. The molecule has 4 heteroatoms. The van der Waals surface area contributed by atoms with Crippen LogP contribution in [0.2, 0.25) is 0 Å². The van der Waals surface area contributed by atoms with Crippen LogP contribution in [-0.2, 0) is 24.2 Å². The van der Waals surface area contributed by atoms with E-state index in [-0.39, 0.29) is 12.6 Å². The fraction of sp³-hybridized carbons (Fsp3) is 0.263. The van der Waals surface area contributed by atoms with Gasteiger partial charge in [-0.1, -0.05) is 18.2 Å². The predicted octanol–water partition coefficient (Wildman–Crippen LogP) is 4.06. The van der Waals surface area contributed by atoms with Crippen LogP contribution < -0.4 is 0 Å². The molecule has 0 unspecified atom stereocenters. The molecule has 0 bridgehead atoms. The molecule has 0 spiro atoms. The van der Waals surface area contributed by atoms with Gasteiger partial charge in [-0.3, -0.25) is 0 Å². The zero-order valence-electron chi connectivity index (χ0n) is 12.7. The number of aromatic nitrogens is 1. The van der Waals surface area contributed by atoms with Crippen molar-refractivity contribution in [3.8, 4) is 0 Å². The highest BCUT2D eigenvalue weighted by atomic mass is 16.5. The van der Waals surface area contributed by atoms with Gasteiger partial charge in [0.1, 0.15) is 5.52 Å². The summed E-state index contributed by atoms with van der Waals surface area (Å²) in [6.07, 6.45) is 4.57. The maximum Gasteiger partial charge on any atom is 0.338 e. The molecule has 0 fully saturated rings. The lowest BCUT2D eigenvalue weighted by Gasteiger charge is -2.16. The molecule has 4 rings (SSSR count). The minimum Gasteiger partial charge on any atom is -0.452 e. The Morgan fingerprint density at radius 1 is 1.09 bits per heavy atom. The van der Waals surface area contributed by atoms with Crippen LogP contribution in [0.25, 0.3) is 11.1 Å². The first-order valence-electron chi connectivity index (χ1n) is 7.93. The molecular formula is C19H17NO3. The van der Waals surface area contributed by atoms with E-state index in [1.165, 1.54) is 24.0 Å². The van der Waals surface area contributed by atoms with Crippen molar-refractivity contribution in [3.05, 3.63) is 65.0 Å². The Balaban J connectivity index is 1.47. The Labute approximate surface area is 134 Å². The van der Waals surface area contributed by atoms with Crippen molar-refractivity contribution < 1.29 is 13.9 Å². The summed E-state index contributed by atoms with van der Waals surface area (Å²) < 4.78 is 10.9. The second-order valence-corrected chi connectivity index (χ2v) is 5.84. The highest BCUT2D eigenvalue weighted by molar-refractivity contribution is 5.89. The maximum atomic E-state index is 12.2. The van der Waals surface area contributed by atoms with Crippen molar-refractivity contribution >= 4 is 17.1 Å². The molecule has 0 saturated heterocycles. The van der Waals surface area contributed by atoms with Gasteiger partial charge in [-0.25, -0.2) is 9.78 Å². The largest absolute Gasteiger partial charge is 0.452 e. The highest BCUT2D eigenvalue weighted by Gasteiger charge is 2.15. The zero-order valence-corrected chi connectivity index (χ0v) is 12.7. The molecule has 1 aliphatic rings. The second kappa shape index (κ2) is 5.88. The van der Waals surface area contributed by atoms with E-state index in [1.807, 2.05) is 42.5 Å². The van der Waals surface area contributed by atoms with E-state index in [2.05, 4.69) is 4.98 Å². The first-order chi connectivity index (χ1) is 11.3. The monoisotopic (exact) mass is 307 g/mol. The second-order valence-electron chi connectivity index (χ2n) is 5.84. The summed E-state index contributed by atoms with van der Waals surface area (Å²) in [5.41, 5.74) is 4.70. The van der Waals surface area contributed by atoms with Crippen LogP contribution in [0.5, 0.6) is 0 Å². The molecule has 0 N–H and O–H groups in total. The minimum absolute atomic E-state index is 0.0462. The van der Waals surface area contributed by atoms with Gasteiger partial charge in [-0.05, 0) is 61.1 Å². The van der Waals surface area contributed by atoms with Crippen molar-refractivity contribution in [3.63, 3.8) is 0 Å². The van der Waals surface area contributed by atoms with Gasteiger partial charge < -0.3 is 9.15 Å². The standard InChI is InChI=1S/C19H17NO3/c21-19(15-10-9-13-5-1-2-6-14(13)11-15)22-12-18-20-16-7-3-4-8-17(16)23-18/h3-4,7-11H,1-2,5-6,12H2. The van der Waals surface area contributed by atoms with Crippen LogP contribution in [0.4, 0.5) is 0 Å². The third-order valence-electron chi connectivity index (χ3n) is 4.25. The Kier molecular flexibility index (Phi) is 3.58. The molecule has 116 valence electrons. The summed E-state index contributed by atoms with van der Waals surface area (Å²) >= 11 is 0. The van der Waals surface area contributed by atoms with Crippen LogP contribution in [0.3, 0.4) is 0 Å². The first-order valence-corrected chi connectivity index (χ1v) is 7.93. The van der Waals surface area contributed by atoms with E-state index in [9.17, 15) is 4.79 Å². The number of carbonyl (C=O) groups is 1. The molecule has 0 radical (unpaired) electrons. The van der Waals surface area contributed by atoms with Crippen LogP contribution in [0.15, 0.2) is 46.9 Å². The SMILES string of the molecule is O=C(OCc1nc2ccccc2o1)c1ccc2c(c1)CCCC2. The number of benzene rings is 2. The number of carbonyl (C=O) groups excluding carboxylic acids is 1. The van der Waals surface area contributed by atoms with E-state index >= 15 is 0 Å². The summed E-state index contributed by atoms with van der Waals surface area (Å²) in [6.45, 7) is 0.0462. The van der Waals surface area contributed by atoms with E-state index in [0.29, 0.717) is 17.0 Å². The van der Waals surface area contributed by atoms with Gasteiger partial charge >= 0.3 is 5.97 Å². The molecule has 0 aliphatic heterocycles. The van der Waals surface area contributed by atoms with Crippen molar-refractivity contribution in [2.24, 2.45) is 0 Å². The summed E-state index contributed by atoms with van der Waals surface area (Å²) in [4.78, 5) is 16.5. The Morgan fingerprint density at radius 3 is 2.78 bits per heavy atom. The number of nitrogens with zero attached hydrogens (tertiary/aromatic N) is 1. The van der Waals surface area contributed by atoms with Crippen LogP contribution in [-0.4, -0.2) is 11.0 Å². The molecule has 1 aliphatic carbocycles. The molecule has 0 atom stereocenters. The number of rotatable bonds is 3. The van der Waals surface area contributed by atoms with Crippen LogP contribution in [0.1, 0.15) is 40.2 Å². The number of hydrogen-bond donors (Lipinski definition) is 0. The number of esters is 1. The molecule has 3 aromatic rings. The molecular weight excluding hydrogens is 290 g/mol. The van der Waals surface area contributed by atoms with Gasteiger partial charge in [0.15, 0.2) is 12.2 Å². The van der Waals surface area contributed by atoms with E-state index in [0.717, 1.165) is 18.4 Å². The normalized spacial score (nSPS) is 13.7. The van der Waals surface area contributed by atoms with Crippen molar-refractivity contribution in [2.75, 3.05) is 0 Å². The smallest absolute Gasteiger partial charge is 0.338 e. The molecule has 0 saturated carbocycles. The Morgan fingerprint density at radius 2 is 1.91 bits per heavy atom. The summed E-state index contributed by atoms with van der Waals surface area (Å²) in [5.74, 6) is 0.0816. The lowest BCUT2D eigenvalue weighted by atomic mass is 9.90. The molecule has 23 heavy (non-hydrogen) atoms. The third kappa shape index (κ3) is 2.84. The van der Waals surface area contributed by atoms with E-state index in [1.54, 1.807) is 0 Å². The summed E-state index contributed by atoms with van der Waals surface area (Å²) in [5, 5.41) is 0. The van der Waals surface area contributed by atoms with Gasteiger partial charge in [0.05, 0.1) is 5.56 Å². The van der Waals surface area contributed by atoms with Crippen LogP contribution >= 0.6 is 0 Å². The Bertz CT molecular complexity index is 833. The van der Waals surface area contributed by atoms with Crippen LogP contribution in [0, 0.1) is 0 Å².